The highest BCUT2D eigenvalue weighted by Crippen LogP contribution is 2.11. The van der Waals surface area contributed by atoms with Crippen molar-refractivity contribution in [3.8, 4) is 0 Å². The van der Waals surface area contributed by atoms with Crippen molar-refractivity contribution in [1.29, 1.82) is 0 Å². The number of nitrogens with zero attached hydrogens (tertiary/aromatic N) is 1. The summed E-state index contributed by atoms with van der Waals surface area (Å²) in [4.78, 5) is 14.2. The molecule has 17 heavy (non-hydrogen) atoms. The summed E-state index contributed by atoms with van der Waals surface area (Å²) in [6.45, 7) is 4.69. The van der Waals surface area contributed by atoms with Gasteiger partial charge in [0.1, 0.15) is 0 Å². The smallest absolute Gasteiger partial charge is 0.240 e. The largest absolute Gasteiger partial charge is 0.383 e. The van der Waals surface area contributed by atoms with Crippen LogP contribution in [0.15, 0.2) is 0 Å². The molecular weight excluding hydrogens is 220 g/mol. The number of hydrogen-bond acceptors (Lipinski definition) is 4. The van der Waals surface area contributed by atoms with Gasteiger partial charge in [-0.25, -0.2) is 0 Å². The van der Waals surface area contributed by atoms with E-state index in [1.165, 1.54) is 0 Å². The van der Waals surface area contributed by atoms with Crippen LogP contribution in [0.4, 0.5) is 0 Å². The van der Waals surface area contributed by atoms with Crippen molar-refractivity contribution in [2.45, 2.75) is 31.8 Å². The SMILES string of the molecule is COCCN(C(=O)[C@@H]1CCCN1)C(C)COC. The van der Waals surface area contributed by atoms with Gasteiger partial charge in [0.05, 0.1) is 25.3 Å². The molecule has 1 rings (SSSR count). The van der Waals surface area contributed by atoms with Crippen LogP contribution in [0.2, 0.25) is 0 Å². The monoisotopic (exact) mass is 244 g/mol. The summed E-state index contributed by atoms with van der Waals surface area (Å²) in [5.74, 6) is 0.170. The van der Waals surface area contributed by atoms with Gasteiger partial charge in [0, 0.05) is 20.8 Å². The van der Waals surface area contributed by atoms with Crippen LogP contribution in [0.5, 0.6) is 0 Å². The Morgan fingerprint density at radius 2 is 2.24 bits per heavy atom. The lowest BCUT2D eigenvalue weighted by molar-refractivity contribution is -0.136. The van der Waals surface area contributed by atoms with Gasteiger partial charge < -0.3 is 19.7 Å². The molecule has 0 spiro atoms. The summed E-state index contributed by atoms with van der Waals surface area (Å²) in [5, 5.41) is 3.24. The summed E-state index contributed by atoms with van der Waals surface area (Å²) < 4.78 is 10.2. The number of nitrogens with one attached hydrogen (secondary N) is 1. The highest BCUT2D eigenvalue weighted by atomic mass is 16.5. The summed E-state index contributed by atoms with van der Waals surface area (Å²) in [5.41, 5.74) is 0. The average Bonchev–Trinajstić information content (AvgIpc) is 2.83. The van der Waals surface area contributed by atoms with Crippen molar-refractivity contribution in [3.63, 3.8) is 0 Å². The second kappa shape index (κ2) is 7.63. The lowest BCUT2D eigenvalue weighted by Gasteiger charge is -2.31. The molecular formula is C12H24N2O3. The molecule has 1 unspecified atom stereocenters. The number of carbonyl (C=O) groups excluding carboxylic acids is 1. The Balaban J connectivity index is 2.56. The molecule has 0 aromatic carbocycles. The minimum absolute atomic E-state index is 0.0221. The van der Waals surface area contributed by atoms with Crippen LogP contribution >= 0.6 is 0 Å². The first-order valence-electron chi connectivity index (χ1n) is 6.22. The van der Waals surface area contributed by atoms with Crippen molar-refractivity contribution < 1.29 is 14.3 Å². The van der Waals surface area contributed by atoms with Gasteiger partial charge in [-0.15, -0.1) is 0 Å². The molecule has 1 N–H and O–H groups in total. The van der Waals surface area contributed by atoms with Gasteiger partial charge in [-0.2, -0.15) is 0 Å². The van der Waals surface area contributed by atoms with Crippen LogP contribution in [-0.4, -0.2) is 63.4 Å². The molecule has 1 fully saturated rings. The zero-order chi connectivity index (χ0) is 12.7. The highest BCUT2D eigenvalue weighted by Gasteiger charge is 2.29. The third-order valence-corrected chi connectivity index (χ3v) is 3.12. The van der Waals surface area contributed by atoms with E-state index in [1.807, 2.05) is 11.8 Å². The van der Waals surface area contributed by atoms with Gasteiger partial charge in [-0.1, -0.05) is 0 Å². The number of amides is 1. The number of methoxy groups -OCH3 is 2. The molecule has 5 heteroatoms. The second-order valence-corrected chi connectivity index (χ2v) is 4.48. The first kappa shape index (κ1) is 14.4. The summed E-state index contributed by atoms with van der Waals surface area (Å²) in [6.07, 6.45) is 2.01. The van der Waals surface area contributed by atoms with Crippen LogP contribution in [0, 0.1) is 0 Å². The van der Waals surface area contributed by atoms with Gasteiger partial charge in [0.2, 0.25) is 5.91 Å². The molecule has 1 aliphatic rings. The van der Waals surface area contributed by atoms with E-state index in [2.05, 4.69) is 5.32 Å². The zero-order valence-electron chi connectivity index (χ0n) is 11.1. The Labute approximate surface area is 103 Å². The molecule has 5 nitrogen and oxygen atoms in total. The third kappa shape index (κ3) is 4.26. The summed E-state index contributed by atoms with van der Waals surface area (Å²) in [7, 11) is 3.31. The molecule has 0 bridgehead atoms. The fourth-order valence-electron chi connectivity index (χ4n) is 2.16. The Hall–Kier alpha value is -0.650. The fraction of sp³-hybridized carbons (Fsp3) is 0.917. The molecule has 0 radical (unpaired) electrons. The van der Waals surface area contributed by atoms with Crippen molar-refractivity contribution in [2.24, 2.45) is 0 Å². The molecule has 1 amide bonds. The number of ether oxygens (including phenoxy) is 2. The lowest BCUT2D eigenvalue weighted by Crippen LogP contribution is -2.50. The van der Waals surface area contributed by atoms with E-state index in [0.29, 0.717) is 19.8 Å². The van der Waals surface area contributed by atoms with Gasteiger partial charge in [-0.05, 0) is 26.3 Å². The maximum atomic E-state index is 12.3. The van der Waals surface area contributed by atoms with Crippen LogP contribution < -0.4 is 5.32 Å². The van der Waals surface area contributed by atoms with Gasteiger partial charge in [0.25, 0.3) is 0 Å². The number of rotatable bonds is 7. The maximum Gasteiger partial charge on any atom is 0.240 e. The Morgan fingerprint density at radius 1 is 1.47 bits per heavy atom. The average molecular weight is 244 g/mol. The third-order valence-electron chi connectivity index (χ3n) is 3.12. The van der Waals surface area contributed by atoms with Gasteiger partial charge in [0.15, 0.2) is 0 Å². The molecule has 0 aromatic rings. The Bertz CT molecular complexity index is 230. The highest BCUT2D eigenvalue weighted by molar-refractivity contribution is 5.82. The Morgan fingerprint density at radius 3 is 2.76 bits per heavy atom. The van der Waals surface area contributed by atoms with E-state index < -0.39 is 0 Å². The van der Waals surface area contributed by atoms with E-state index in [0.717, 1.165) is 19.4 Å². The van der Waals surface area contributed by atoms with E-state index in [9.17, 15) is 4.79 Å². The fourth-order valence-corrected chi connectivity index (χ4v) is 2.16. The standard InChI is InChI=1S/C12H24N2O3/c1-10(9-17-3)14(7-8-16-2)12(15)11-5-4-6-13-11/h10-11,13H,4-9H2,1-3H3/t10?,11-/m0/s1. The van der Waals surface area contributed by atoms with E-state index in [1.54, 1.807) is 14.2 Å². The molecule has 1 heterocycles. The molecule has 0 saturated carbocycles. The molecule has 100 valence electrons. The van der Waals surface area contributed by atoms with Crippen molar-refractivity contribution in [2.75, 3.05) is 40.5 Å². The minimum Gasteiger partial charge on any atom is -0.383 e. The molecule has 2 atom stereocenters. The van der Waals surface area contributed by atoms with E-state index >= 15 is 0 Å². The minimum atomic E-state index is -0.0221. The summed E-state index contributed by atoms with van der Waals surface area (Å²) in [6, 6.07) is 0.0659. The number of carbonyl (C=O) groups is 1. The first-order valence-corrected chi connectivity index (χ1v) is 6.22. The van der Waals surface area contributed by atoms with Crippen LogP contribution in [0.3, 0.4) is 0 Å². The predicted molar refractivity (Wildman–Crippen MR) is 66.0 cm³/mol. The topological polar surface area (TPSA) is 50.8 Å². The maximum absolute atomic E-state index is 12.3. The number of hydrogen-bond donors (Lipinski definition) is 1. The quantitative estimate of drug-likeness (QED) is 0.697. The predicted octanol–water partition coefficient (Wildman–Crippen LogP) is 0.248. The molecule has 1 aliphatic heterocycles. The lowest BCUT2D eigenvalue weighted by atomic mass is 10.1. The van der Waals surface area contributed by atoms with E-state index in [4.69, 9.17) is 9.47 Å². The van der Waals surface area contributed by atoms with Crippen LogP contribution in [0.1, 0.15) is 19.8 Å². The molecule has 0 aromatic heterocycles. The van der Waals surface area contributed by atoms with Gasteiger partial charge in [-0.3, -0.25) is 4.79 Å². The van der Waals surface area contributed by atoms with Gasteiger partial charge >= 0.3 is 0 Å². The van der Waals surface area contributed by atoms with Crippen LogP contribution in [-0.2, 0) is 14.3 Å². The van der Waals surface area contributed by atoms with Crippen molar-refractivity contribution in [3.05, 3.63) is 0 Å². The Kier molecular flexibility index (Phi) is 6.47. The summed E-state index contributed by atoms with van der Waals surface area (Å²) >= 11 is 0. The van der Waals surface area contributed by atoms with E-state index in [-0.39, 0.29) is 18.0 Å². The first-order chi connectivity index (χ1) is 8.20. The van der Waals surface area contributed by atoms with Crippen LogP contribution in [0.25, 0.3) is 0 Å². The normalized spacial score (nSPS) is 21.5. The van der Waals surface area contributed by atoms with Crippen molar-refractivity contribution >= 4 is 5.91 Å². The molecule has 0 aliphatic carbocycles. The molecule has 1 saturated heterocycles. The second-order valence-electron chi connectivity index (χ2n) is 4.48. The van der Waals surface area contributed by atoms with Crippen molar-refractivity contribution in [1.82, 2.24) is 10.2 Å². The zero-order valence-corrected chi connectivity index (χ0v) is 11.1.